The topological polar surface area (TPSA) is 144 Å². The van der Waals surface area contributed by atoms with E-state index in [-0.39, 0.29) is 64.2 Å². The molecule has 0 aliphatic carbocycles. The molecule has 4 aromatic carbocycles. The third-order valence-corrected chi connectivity index (χ3v) is 7.82. The minimum Gasteiger partial charge on any atom is -0.496 e. The maximum atomic E-state index is 12.9. The zero-order chi connectivity index (χ0) is 36.1. The number of ether oxygens (including phenoxy) is 3. The maximum absolute atomic E-state index is 12.9. The number of nitrogens with one attached hydrogen (secondary N) is 1. The number of hydrogen-bond acceptors (Lipinski definition) is 10. The Hall–Kier alpha value is -4.96. The number of anilines is 1. The van der Waals surface area contributed by atoms with Crippen molar-refractivity contribution in [2.24, 2.45) is 0 Å². The van der Waals surface area contributed by atoms with Crippen molar-refractivity contribution in [1.82, 2.24) is 0 Å². The second-order valence-electron chi connectivity index (χ2n) is 10.6. The summed E-state index contributed by atoms with van der Waals surface area (Å²) in [4.78, 5) is 11.6. The summed E-state index contributed by atoms with van der Waals surface area (Å²) in [5.41, 5.74) is 1.85. The summed E-state index contributed by atoms with van der Waals surface area (Å²) in [6, 6.07) is 19.0. The zero-order valence-electron chi connectivity index (χ0n) is 26.9. The number of halogens is 3. The number of hydrogen-bond donors (Lipinski definition) is 1. The Morgan fingerprint density at radius 1 is 0.755 bits per heavy atom. The van der Waals surface area contributed by atoms with Crippen LogP contribution in [0, 0.1) is 0 Å². The molecule has 11 nitrogen and oxygen atoms in total. The van der Waals surface area contributed by atoms with Crippen LogP contribution in [0.5, 0.6) is 28.7 Å². The average Bonchev–Trinajstić information content (AvgIpc) is 3.02. The van der Waals surface area contributed by atoms with Crippen LogP contribution >= 0.6 is 0 Å². The molecule has 0 spiro atoms. The van der Waals surface area contributed by atoms with Gasteiger partial charge in [0, 0.05) is 11.3 Å². The molecule has 1 amide bonds. The lowest BCUT2D eigenvalue weighted by atomic mass is 9.94. The van der Waals surface area contributed by atoms with Crippen LogP contribution < -0.4 is 27.9 Å². The molecule has 0 fully saturated rings. The van der Waals surface area contributed by atoms with E-state index < -0.39 is 32.3 Å². The van der Waals surface area contributed by atoms with E-state index in [0.29, 0.717) is 11.1 Å². The highest BCUT2D eigenvalue weighted by Gasteiger charge is 2.39. The standard InChI is InChI=1S/C33H32F3NO10S2/c1-6-21-16-22(12-14-25(21)37-32(38)33(34,35)36)24-18-28(43-2)29(31(30(24)44-3)47-49(5,41)42)23-13-15-26(27(17-23)46-48(4,39)40)45-19-20-10-8-7-9-11-20/h7-18H,6,19H2,1-5H3,(H,37,38). The predicted octanol–water partition coefficient (Wildman–Crippen LogP) is 6.36. The van der Waals surface area contributed by atoms with Gasteiger partial charge in [-0.1, -0.05) is 49.4 Å². The molecule has 49 heavy (non-hydrogen) atoms. The number of amides is 1. The van der Waals surface area contributed by atoms with E-state index in [2.05, 4.69) is 0 Å². The summed E-state index contributed by atoms with van der Waals surface area (Å²) in [6.45, 7) is 1.75. The van der Waals surface area contributed by atoms with Crippen LogP contribution in [-0.2, 0) is 38.1 Å². The van der Waals surface area contributed by atoms with Crippen LogP contribution in [0.25, 0.3) is 22.3 Å². The number of alkyl halides is 3. The molecule has 0 bridgehead atoms. The van der Waals surface area contributed by atoms with Gasteiger partial charge in [0.15, 0.2) is 23.0 Å². The third-order valence-electron chi connectivity index (χ3n) is 6.87. The molecule has 0 aliphatic rings. The third kappa shape index (κ3) is 9.35. The highest BCUT2D eigenvalue weighted by atomic mass is 32.2. The maximum Gasteiger partial charge on any atom is 0.471 e. The molecule has 4 aromatic rings. The van der Waals surface area contributed by atoms with E-state index in [0.717, 1.165) is 18.1 Å². The number of rotatable bonds is 13. The minimum absolute atomic E-state index is 0.0336. The molecule has 0 atom stereocenters. The molecule has 0 saturated heterocycles. The summed E-state index contributed by atoms with van der Waals surface area (Å²) >= 11 is 0. The van der Waals surface area contributed by atoms with Crippen LogP contribution in [0.4, 0.5) is 18.9 Å². The fourth-order valence-electron chi connectivity index (χ4n) is 4.81. The van der Waals surface area contributed by atoms with Crippen molar-refractivity contribution in [3.8, 4) is 51.0 Å². The lowest BCUT2D eigenvalue weighted by Gasteiger charge is -2.22. The molecule has 0 radical (unpaired) electrons. The van der Waals surface area contributed by atoms with Crippen LogP contribution in [0.15, 0.2) is 72.8 Å². The van der Waals surface area contributed by atoms with Gasteiger partial charge in [0.25, 0.3) is 0 Å². The van der Waals surface area contributed by atoms with Gasteiger partial charge in [0.1, 0.15) is 12.4 Å². The van der Waals surface area contributed by atoms with Crippen LogP contribution in [0.1, 0.15) is 18.1 Å². The van der Waals surface area contributed by atoms with E-state index in [1.165, 1.54) is 56.7 Å². The van der Waals surface area contributed by atoms with Gasteiger partial charge < -0.3 is 27.9 Å². The lowest BCUT2D eigenvalue weighted by Crippen LogP contribution is -2.30. The number of benzene rings is 4. The average molecular weight is 724 g/mol. The lowest BCUT2D eigenvalue weighted by molar-refractivity contribution is -0.167. The van der Waals surface area contributed by atoms with E-state index in [1.807, 2.05) is 35.6 Å². The quantitative estimate of drug-likeness (QED) is 0.155. The zero-order valence-corrected chi connectivity index (χ0v) is 28.5. The first-order chi connectivity index (χ1) is 22.9. The van der Waals surface area contributed by atoms with Crippen molar-refractivity contribution < 1.29 is 57.4 Å². The second-order valence-corrected chi connectivity index (χ2v) is 13.7. The predicted molar refractivity (Wildman–Crippen MR) is 176 cm³/mol. The number of carbonyl (C=O) groups is 1. The molecule has 0 heterocycles. The Bertz CT molecular complexity index is 2070. The van der Waals surface area contributed by atoms with Crippen molar-refractivity contribution in [3.63, 3.8) is 0 Å². The van der Waals surface area contributed by atoms with Crippen LogP contribution in [0.3, 0.4) is 0 Å². The molecule has 1 N–H and O–H groups in total. The van der Waals surface area contributed by atoms with Gasteiger partial charge >= 0.3 is 32.3 Å². The van der Waals surface area contributed by atoms with Crippen molar-refractivity contribution in [1.29, 1.82) is 0 Å². The Morgan fingerprint density at radius 2 is 1.41 bits per heavy atom. The van der Waals surface area contributed by atoms with Crippen molar-refractivity contribution >= 4 is 31.8 Å². The van der Waals surface area contributed by atoms with Crippen LogP contribution in [-0.4, -0.2) is 55.7 Å². The van der Waals surface area contributed by atoms with Gasteiger partial charge in [-0.3, -0.25) is 4.79 Å². The first kappa shape index (κ1) is 36.9. The fourth-order valence-corrected chi connectivity index (χ4v) is 5.73. The Kier molecular flexibility index (Phi) is 11.0. The Balaban J connectivity index is 1.92. The highest BCUT2D eigenvalue weighted by molar-refractivity contribution is 7.86. The molecule has 16 heteroatoms. The van der Waals surface area contributed by atoms with E-state index >= 15 is 0 Å². The first-order valence-electron chi connectivity index (χ1n) is 14.3. The van der Waals surface area contributed by atoms with Crippen LogP contribution in [0.2, 0.25) is 0 Å². The monoisotopic (exact) mass is 723 g/mol. The molecule has 0 aromatic heterocycles. The Morgan fingerprint density at radius 3 is 1.98 bits per heavy atom. The fraction of sp³-hybridized carbons (Fsp3) is 0.242. The summed E-state index contributed by atoms with van der Waals surface area (Å²) < 4.78 is 116. The summed E-state index contributed by atoms with van der Waals surface area (Å²) in [5, 5.41) is 1.86. The van der Waals surface area contributed by atoms with Crippen molar-refractivity contribution in [3.05, 3.63) is 83.9 Å². The smallest absolute Gasteiger partial charge is 0.471 e. The Labute approximate surface area is 281 Å². The summed E-state index contributed by atoms with van der Waals surface area (Å²) in [6.07, 6.45) is -3.23. The normalized spacial score (nSPS) is 11.8. The second kappa shape index (κ2) is 14.7. The molecule has 0 aliphatic heterocycles. The van der Waals surface area contributed by atoms with E-state index in [9.17, 15) is 34.8 Å². The van der Waals surface area contributed by atoms with Gasteiger partial charge in [0.2, 0.25) is 0 Å². The van der Waals surface area contributed by atoms with Gasteiger partial charge in [-0.15, -0.1) is 0 Å². The SMILES string of the molecule is CCc1cc(-c2cc(OC)c(-c3ccc(OCc4ccccc4)c(OS(C)(=O)=O)c3)c(OS(C)(=O)=O)c2OC)ccc1NC(=O)C(F)(F)F. The first-order valence-corrected chi connectivity index (χ1v) is 18.0. The number of methoxy groups -OCH3 is 2. The van der Waals surface area contributed by atoms with Gasteiger partial charge in [-0.2, -0.15) is 30.0 Å². The molecule has 262 valence electrons. The van der Waals surface area contributed by atoms with Gasteiger partial charge in [0.05, 0.1) is 32.3 Å². The molecule has 4 rings (SSSR count). The van der Waals surface area contributed by atoms with Crippen molar-refractivity contribution in [2.75, 3.05) is 32.0 Å². The van der Waals surface area contributed by atoms with E-state index in [1.54, 1.807) is 6.92 Å². The molecule has 0 saturated carbocycles. The molecule has 0 unspecified atom stereocenters. The number of carbonyl (C=O) groups excluding carboxylic acids is 1. The number of aryl methyl sites for hydroxylation is 1. The van der Waals surface area contributed by atoms with Gasteiger partial charge in [-0.05, 0) is 59.0 Å². The molecular formula is C33H32F3NO10S2. The van der Waals surface area contributed by atoms with Crippen molar-refractivity contribution in [2.45, 2.75) is 26.1 Å². The highest BCUT2D eigenvalue weighted by Crippen LogP contribution is 2.52. The molecular weight excluding hydrogens is 691 g/mol. The largest absolute Gasteiger partial charge is 0.496 e. The minimum atomic E-state index is -5.10. The summed E-state index contributed by atoms with van der Waals surface area (Å²) in [5.74, 6) is -2.69. The van der Waals surface area contributed by atoms with Gasteiger partial charge in [-0.25, -0.2) is 0 Å². The summed E-state index contributed by atoms with van der Waals surface area (Å²) in [7, 11) is -5.75. The van der Waals surface area contributed by atoms with E-state index in [4.69, 9.17) is 22.6 Å².